The molecule has 146 valence electrons. The van der Waals surface area contributed by atoms with Crippen molar-refractivity contribution in [2.75, 3.05) is 18.9 Å². The maximum Gasteiger partial charge on any atom is 0.214 e. The summed E-state index contributed by atoms with van der Waals surface area (Å²) in [4.78, 5) is 0. The fourth-order valence-electron chi connectivity index (χ4n) is 3.11. The first-order chi connectivity index (χ1) is 13.6. The van der Waals surface area contributed by atoms with Crippen molar-refractivity contribution in [3.8, 4) is 5.75 Å². The van der Waals surface area contributed by atoms with Crippen molar-refractivity contribution in [2.45, 2.75) is 12.3 Å². The standard InChI is InChI=1S/C23H25NO3S/c25-28(26,19-18-27-22-14-8-3-9-15-22)24-17-16-23(20-10-4-1-5-11-20)21-12-6-2-7-13-21/h1-15,23-24H,16-19H2. The van der Waals surface area contributed by atoms with E-state index in [-0.39, 0.29) is 18.3 Å². The third-order valence-corrected chi connectivity index (χ3v) is 5.87. The van der Waals surface area contributed by atoms with Gasteiger partial charge in [-0.1, -0.05) is 78.9 Å². The molecule has 3 aromatic rings. The molecule has 0 unspecified atom stereocenters. The topological polar surface area (TPSA) is 55.4 Å². The van der Waals surface area contributed by atoms with Crippen LogP contribution in [0.1, 0.15) is 23.5 Å². The van der Waals surface area contributed by atoms with E-state index in [9.17, 15) is 8.42 Å². The van der Waals surface area contributed by atoms with Crippen LogP contribution in [0.25, 0.3) is 0 Å². The summed E-state index contributed by atoms with van der Waals surface area (Å²) in [6.45, 7) is 0.502. The summed E-state index contributed by atoms with van der Waals surface area (Å²) in [5, 5.41) is 0. The van der Waals surface area contributed by atoms with E-state index in [4.69, 9.17) is 4.74 Å². The van der Waals surface area contributed by atoms with Crippen molar-refractivity contribution in [1.82, 2.24) is 4.72 Å². The first-order valence-electron chi connectivity index (χ1n) is 9.39. The quantitative estimate of drug-likeness (QED) is 0.560. The molecule has 0 aliphatic heterocycles. The van der Waals surface area contributed by atoms with Crippen LogP contribution in [-0.4, -0.2) is 27.3 Å². The molecule has 0 aliphatic rings. The lowest BCUT2D eigenvalue weighted by molar-refractivity contribution is 0.340. The Morgan fingerprint density at radius 3 is 1.79 bits per heavy atom. The molecular formula is C23H25NO3S. The summed E-state index contributed by atoms with van der Waals surface area (Å²) < 4.78 is 32.8. The van der Waals surface area contributed by atoms with Crippen molar-refractivity contribution in [3.05, 3.63) is 102 Å². The lowest BCUT2D eigenvalue weighted by Crippen LogP contribution is -2.30. The van der Waals surface area contributed by atoms with Crippen LogP contribution in [0.5, 0.6) is 5.75 Å². The highest BCUT2D eigenvalue weighted by atomic mass is 32.2. The van der Waals surface area contributed by atoms with Crippen LogP contribution in [0.15, 0.2) is 91.0 Å². The van der Waals surface area contributed by atoms with Crippen LogP contribution in [0.3, 0.4) is 0 Å². The summed E-state index contributed by atoms with van der Waals surface area (Å²) in [6, 6.07) is 29.6. The second-order valence-electron chi connectivity index (χ2n) is 6.54. The van der Waals surface area contributed by atoms with Gasteiger partial charge in [0.1, 0.15) is 12.4 Å². The lowest BCUT2D eigenvalue weighted by Gasteiger charge is -2.18. The van der Waals surface area contributed by atoms with Crippen LogP contribution >= 0.6 is 0 Å². The Kier molecular flexibility index (Phi) is 7.23. The van der Waals surface area contributed by atoms with Gasteiger partial charge in [-0.15, -0.1) is 0 Å². The summed E-state index contributed by atoms with van der Waals surface area (Å²) in [5.74, 6) is 0.750. The van der Waals surface area contributed by atoms with Crippen molar-refractivity contribution in [1.29, 1.82) is 0 Å². The van der Waals surface area contributed by atoms with Gasteiger partial charge in [0.05, 0.1) is 5.75 Å². The number of hydrogen-bond donors (Lipinski definition) is 1. The Labute approximate surface area is 167 Å². The number of sulfonamides is 1. The normalized spacial score (nSPS) is 11.5. The number of hydrogen-bond acceptors (Lipinski definition) is 3. The van der Waals surface area contributed by atoms with Crippen LogP contribution in [0.4, 0.5) is 0 Å². The monoisotopic (exact) mass is 395 g/mol. The Bertz CT molecular complexity index is 890. The van der Waals surface area contributed by atoms with Gasteiger partial charge >= 0.3 is 0 Å². The molecule has 0 saturated heterocycles. The minimum atomic E-state index is -3.39. The molecule has 0 amide bonds. The third-order valence-electron chi connectivity index (χ3n) is 4.52. The second kappa shape index (κ2) is 10.1. The maximum atomic E-state index is 12.3. The Morgan fingerprint density at radius 1 is 0.750 bits per heavy atom. The Morgan fingerprint density at radius 2 is 1.25 bits per heavy atom. The fraction of sp³-hybridized carbons (Fsp3) is 0.217. The predicted octanol–water partition coefficient (Wildman–Crippen LogP) is 4.21. The highest BCUT2D eigenvalue weighted by Gasteiger charge is 2.16. The summed E-state index contributed by atoms with van der Waals surface area (Å²) in [7, 11) is -3.39. The van der Waals surface area contributed by atoms with Gasteiger partial charge < -0.3 is 4.74 Å². The molecule has 0 aromatic heterocycles. The molecule has 28 heavy (non-hydrogen) atoms. The number of para-hydroxylation sites is 1. The first kappa shape index (κ1) is 20.1. The number of benzene rings is 3. The zero-order chi connectivity index (χ0) is 19.7. The molecule has 0 aliphatic carbocycles. The summed E-state index contributed by atoms with van der Waals surface area (Å²) in [6.07, 6.45) is 0.687. The lowest BCUT2D eigenvalue weighted by atomic mass is 9.89. The van der Waals surface area contributed by atoms with Gasteiger partial charge in [-0.3, -0.25) is 0 Å². The first-order valence-corrected chi connectivity index (χ1v) is 11.0. The van der Waals surface area contributed by atoms with Crippen LogP contribution in [0.2, 0.25) is 0 Å². The van der Waals surface area contributed by atoms with Crippen molar-refractivity contribution >= 4 is 10.0 Å². The van der Waals surface area contributed by atoms with E-state index in [1.54, 1.807) is 0 Å². The average Bonchev–Trinajstić information content (AvgIpc) is 2.73. The van der Waals surface area contributed by atoms with E-state index >= 15 is 0 Å². The van der Waals surface area contributed by atoms with Gasteiger partial charge in [-0.05, 0) is 29.7 Å². The smallest absolute Gasteiger partial charge is 0.214 e. The van der Waals surface area contributed by atoms with Crippen LogP contribution in [-0.2, 0) is 10.0 Å². The van der Waals surface area contributed by atoms with Crippen molar-refractivity contribution in [2.24, 2.45) is 0 Å². The SMILES string of the molecule is O=S(=O)(CCOc1ccccc1)NCCC(c1ccccc1)c1ccccc1. The number of nitrogens with one attached hydrogen (secondary N) is 1. The molecule has 0 fully saturated rings. The second-order valence-corrected chi connectivity index (χ2v) is 8.46. The molecule has 3 rings (SSSR count). The van der Waals surface area contributed by atoms with Crippen molar-refractivity contribution < 1.29 is 13.2 Å². The minimum absolute atomic E-state index is 0.0662. The third kappa shape index (κ3) is 6.22. The molecule has 0 heterocycles. The van der Waals surface area contributed by atoms with Gasteiger partial charge in [0, 0.05) is 12.5 Å². The van der Waals surface area contributed by atoms with Crippen LogP contribution in [0, 0.1) is 0 Å². The molecule has 1 N–H and O–H groups in total. The molecule has 3 aromatic carbocycles. The van der Waals surface area contributed by atoms with E-state index in [1.165, 1.54) is 11.1 Å². The minimum Gasteiger partial charge on any atom is -0.492 e. The van der Waals surface area contributed by atoms with Gasteiger partial charge in [0.25, 0.3) is 0 Å². The van der Waals surface area contributed by atoms with E-state index in [0.29, 0.717) is 18.7 Å². The largest absolute Gasteiger partial charge is 0.492 e. The summed E-state index contributed by atoms with van der Waals surface area (Å²) >= 11 is 0. The number of rotatable bonds is 10. The summed E-state index contributed by atoms with van der Waals surface area (Å²) in [5.41, 5.74) is 2.36. The van der Waals surface area contributed by atoms with Gasteiger partial charge in [0.2, 0.25) is 10.0 Å². The Hall–Kier alpha value is -2.63. The molecule has 0 bridgehead atoms. The van der Waals surface area contributed by atoms with Crippen molar-refractivity contribution in [3.63, 3.8) is 0 Å². The molecule has 0 atom stereocenters. The van der Waals surface area contributed by atoms with E-state index in [1.807, 2.05) is 66.7 Å². The Balaban J connectivity index is 1.54. The predicted molar refractivity (Wildman–Crippen MR) is 113 cm³/mol. The highest BCUT2D eigenvalue weighted by molar-refractivity contribution is 7.89. The highest BCUT2D eigenvalue weighted by Crippen LogP contribution is 2.27. The number of ether oxygens (including phenoxy) is 1. The van der Waals surface area contributed by atoms with Crippen LogP contribution < -0.4 is 9.46 Å². The van der Waals surface area contributed by atoms with Gasteiger partial charge in [-0.25, -0.2) is 13.1 Å². The molecule has 0 saturated carbocycles. The molecule has 5 heteroatoms. The molecule has 4 nitrogen and oxygen atoms in total. The van der Waals surface area contributed by atoms with Gasteiger partial charge in [0.15, 0.2) is 0 Å². The fourth-order valence-corrected chi connectivity index (χ4v) is 3.99. The maximum absolute atomic E-state index is 12.3. The zero-order valence-electron chi connectivity index (χ0n) is 15.7. The molecular weight excluding hydrogens is 370 g/mol. The molecule has 0 spiro atoms. The van der Waals surface area contributed by atoms with E-state index in [2.05, 4.69) is 29.0 Å². The zero-order valence-corrected chi connectivity index (χ0v) is 16.5. The van der Waals surface area contributed by atoms with Gasteiger partial charge in [-0.2, -0.15) is 0 Å². The van der Waals surface area contributed by atoms with E-state index in [0.717, 1.165) is 0 Å². The van der Waals surface area contributed by atoms with E-state index < -0.39 is 10.0 Å². The molecule has 0 radical (unpaired) electrons. The average molecular weight is 396 g/mol.